The van der Waals surface area contributed by atoms with Crippen LogP contribution in [0.3, 0.4) is 0 Å². The quantitative estimate of drug-likeness (QED) is 0.219. The number of aromatic hydroxyl groups is 2. The molecular formula is C16H13N5O5S. The number of benzene rings is 2. The van der Waals surface area contributed by atoms with Crippen molar-refractivity contribution in [2.24, 2.45) is 5.10 Å². The number of aromatic nitrogens is 2. The van der Waals surface area contributed by atoms with Crippen molar-refractivity contribution in [1.82, 2.24) is 15.4 Å². The first-order valence-corrected chi connectivity index (χ1v) is 8.52. The topological polar surface area (TPSA) is 154 Å². The van der Waals surface area contributed by atoms with Crippen LogP contribution in [0.15, 0.2) is 46.7 Å². The van der Waals surface area contributed by atoms with Gasteiger partial charge in [-0.3, -0.25) is 14.9 Å². The molecule has 27 heavy (non-hydrogen) atoms. The first-order chi connectivity index (χ1) is 12.9. The van der Waals surface area contributed by atoms with Crippen LogP contribution in [0.4, 0.5) is 5.69 Å². The highest BCUT2D eigenvalue weighted by molar-refractivity contribution is 7.99. The van der Waals surface area contributed by atoms with E-state index in [1.54, 1.807) is 0 Å². The average molecular weight is 387 g/mol. The number of aromatic amines is 1. The number of H-pyrrole nitrogens is 1. The highest BCUT2D eigenvalue weighted by Crippen LogP contribution is 2.31. The Labute approximate surface area is 156 Å². The van der Waals surface area contributed by atoms with Gasteiger partial charge in [0.2, 0.25) is 0 Å². The summed E-state index contributed by atoms with van der Waals surface area (Å²) in [5.74, 6) is -1.46. The number of phenolic OH excluding ortho intramolecular Hbond substituents is 2. The number of nitro benzene ring substituents is 1. The normalized spacial score (nSPS) is 11.1. The minimum atomic E-state index is -0.797. The Kier molecular flexibility index (Phi) is 5.22. The van der Waals surface area contributed by atoms with E-state index >= 15 is 0 Å². The van der Waals surface area contributed by atoms with Gasteiger partial charge in [-0.05, 0) is 12.1 Å². The number of fused-ring (bicyclic) bond motifs is 1. The summed E-state index contributed by atoms with van der Waals surface area (Å²) >= 11 is 1.19. The second kappa shape index (κ2) is 7.74. The highest BCUT2D eigenvalue weighted by Gasteiger charge is 2.16. The van der Waals surface area contributed by atoms with Gasteiger partial charge in [-0.1, -0.05) is 23.9 Å². The van der Waals surface area contributed by atoms with E-state index in [2.05, 4.69) is 20.5 Å². The third-order valence-electron chi connectivity index (χ3n) is 3.42. The van der Waals surface area contributed by atoms with Crippen molar-refractivity contribution in [3.8, 4) is 11.5 Å². The number of carbonyl (C=O) groups is 1. The third kappa shape index (κ3) is 4.33. The molecule has 3 aromatic rings. The fraction of sp³-hybridized carbons (Fsp3) is 0.0625. The van der Waals surface area contributed by atoms with Crippen LogP contribution in [0.25, 0.3) is 11.0 Å². The van der Waals surface area contributed by atoms with E-state index in [1.807, 2.05) is 24.3 Å². The van der Waals surface area contributed by atoms with Crippen LogP contribution in [-0.4, -0.2) is 43.0 Å². The number of hydrogen-bond acceptors (Lipinski definition) is 8. The molecular weight excluding hydrogens is 374 g/mol. The molecule has 0 radical (unpaired) electrons. The Balaban J connectivity index is 1.58. The number of imidazole rings is 1. The maximum atomic E-state index is 11.8. The van der Waals surface area contributed by atoms with Crippen LogP contribution in [0.2, 0.25) is 0 Å². The molecule has 10 nitrogen and oxygen atoms in total. The number of phenols is 2. The van der Waals surface area contributed by atoms with Gasteiger partial charge in [-0.2, -0.15) is 5.10 Å². The van der Waals surface area contributed by atoms with Crippen LogP contribution >= 0.6 is 11.8 Å². The number of hydrogen-bond donors (Lipinski definition) is 4. The monoisotopic (exact) mass is 387 g/mol. The molecule has 0 aliphatic heterocycles. The molecule has 3 rings (SSSR count). The molecule has 0 aliphatic carbocycles. The summed E-state index contributed by atoms with van der Waals surface area (Å²) in [7, 11) is 0. The van der Waals surface area contributed by atoms with Gasteiger partial charge in [0.1, 0.15) is 5.75 Å². The zero-order chi connectivity index (χ0) is 19.4. The number of carbonyl (C=O) groups excluding carboxylic acids is 1. The maximum absolute atomic E-state index is 11.8. The lowest BCUT2D eigenvalue weighted by atomic mass is 10.2. The number of hydrazone groups is 1. The highest BCUT2D eigenvalue weighted by atomic mass is 32.2. The molecule has 0 saturated carbocycles. The second-order valence-corrected chi connectivity index (χ2v) is 6.26. The molecule has 0 spiro atoms. The summed E-state index contributed by atoms with van der Waals surface area (Å²) in [5.41, 5.74) is 3.30. The molecule has 0 unspecified atom stereocenters. The van der Waals surface area contributed by atoms with Crippen LogP contribution in [-0.2, 0) is 4.79 Å². The molecule has 1 aromatic heterocycles. The molecule has 138 valence electrons. The van der Waals surface area contributed by atoms with Gasteiger partial charge in [0.25, 0.3) is 5.91 Å². The fourth-order valence-corrected chi connectivity index (χ4v) is 2.85. The van der Waals surface area contributed by atoms with Gasteiger partial charge in [0.05, 0.1) is 27.9 Å². The van der Waals surface area contributed by atoms with Gasteiger partial charge >= 0.3 is 5.69 Å². The van der Waals surface area contributed by atoms with Crippen molar-refractivity contribution < 1.29 is 19.9 Å². The van der Waals surface area contributed by atoms with E-state index in [1.165, 1.54) is 11.8 Å². The summed E-state index contributed by atoms with van der Waals surface area (Å²) in [6.45, 7) is 0. The van der Waals surface area contributed by atoms with Crippen molar-refractivity contribution in [3.63, 3.8) is 0 Å². The third-order valence-corrected chi connectivity index (χ3v) is 4.29. The van der Waals surface area contributed by atoms with Gasteiger partial charge < -0.3 is 15.2 Å². The van der Waals surface area contributed by atoms with Crippen molar-refractivity contribution >= 4 is 40.6 Å². The largest absolute Gasteiger partial charge is 0.507 e. The SMILES string of the molecule is O=C(CSc1nc2ccccc2[nH]1)N/N=C/c1cc([N+](=O)[O-])c(O)cc1O. The standard InChI is InChI=1S/C16H13N5O5S/c22-13-6-14(23)12(21(25)26)5-9(13)7-17-20-15(24)8-27-16-18-10-3-1-2-4-11(10)19-16/h1-7,22-23H,8H2,(H,18,19)(H,20,24)/b17-7+. The van der Waals surface area contributed by atoms with Gasteiger partial charge in [-0.25, -0.2) is 10.4 Å². The van der Waals surface area contributed by atoms with E-state index in [9.17, 15) is 25.1 Å². The number of para-hydroxylation sites is 2. The average Bonchev–Trinajstić information content (AvgIpc) is 3.04. The van der Waals surface area contributed by atoms with E-state index in [4.69, 9.17) is 0 Å². The number of nitro groups is 1. The Morgan fingerprint density at radius 1 is 1.33 bits per heavy atom. The Bertz CT molecular complexity index is 1020. The summed E-state index contributed by atoms with van der Waals surface area (Å²) in [6.07, 6.45) is 1.05. The van der Waals surface area contributed by atoms with Crippen molar-refractivity contribution in [1.29, 1.82) is 0 Å². The summed E-state index contributed by atoms with van der Waals surface area (Å²) in [6, 6.07) is 9.24. The minimum Gasteiger partial charge on any atom is -0.507 e. The number of amides is 1. The molecule has 0 atom stereocenters. The number of thioether (sulfide) groups is 1. The summed E-state index contributed by atoms with van der Waals surface area (Å²) in [4.78, 5) is 29.2. The van der Waals surface area contributed by atoms with Crippen LogP contribution in [0.1, 0.15) is 5.56 Å². The predicted octanol–water partition coefficient (Wildman–Crippen LogP) is 2.12. The van der Waals surface area contributed by atoms with Crippen molar-refractivity contribution in [2.45, 2.75) is 5.16 Å². The zero-order valence-electron chi connectivity index (χ0n) is 13.6. The van der Waals surface area contributed by atoms with Gasteiger partial charge in [-0.15, -0.1) is 0 Å². The molecule has 0 saturated heterocycles. The molecule has 4 N–H and O–H groups in total. The van der Waals surface area contributed by atoms with Crippen LogP contribution in [0.5, 0.6) is 11.5 Å². The molecule has 1 amide bonds. The predicted molar refractivity (Wildman–Crippen MR) is 99.0 cm³/mol. The lowest BCUT2D eigenvalue weighted by molar-refractivity contribution is -0.385. The molecule has 0 fully saturated rings. The number of rotatable bonds is 6. The Hall–Kier alpha value is -3.60. The zero-order valence-corrected chi connectivity index (χ0v) is 14.4. The van der Waals surface area contributed by atoms with Crippen LogP contribution in [0, 0.1) is 10.1 Å². The van der Waals surface area contributed by atoms with E-state index in [0.717, 1.165) is 29.4 Å². The second-order valence-electron chi connectivity index (χ2n) is 5.30. The van der Waals surface area contributed by atoms with E-state index < -0.39 is 28.0 Å². The Morgan fingerprint density at radius 2 is 2.11 bits per heavy atom. The number of nitrogens with one attached hydrogen (secondary N) is 2. The minimum absolute atomic E-state index is 0.0234. The first-order valence-electron chi connectivity index (χ1n) is 7.54. The summed E-state index contributed by atoms with van der Waals surface area (Å²) in [5, 5.41) is 34.1. The maximum Gasteiger partial charge on any atom is 0.311 e. The van der Waals surface area contributed by atoms with Crippen LogP contribution < -0.4 is 5.43 Å². The van der Waals surface area contributed by atoms with Gasteiger partial charge in [0.15, 0.2) is 10.9 Å². The molecule has 1 heterocycles. The lowest BCUT2D eigenvalue weighted by Crippen LogP contribution is -2.19. The first kappa shape index (κ1) is 18.2. The molecule has 0 bridgehead atoms. The number of nitrogens with zero attached hydrogens (tertiary/aromatic N) is 3. The van der Waals surface area contributed by atoms with E-state index in [0.29, 0.717) is 5.16 Å². The Morgan fingerprint density at radius 3 is 2.85 bits per heavy atom. The molecule has 11 heteroatoms. The molecule has 2 aromatic carbocycles. The fourth-order valence-electron chi connectivity index (χ4n) is 2.17. The molecule has 0 aliphatic rings. The summed E-state index contributed by atoms with van der Waals surface area (Å²) < 4.78 is 0. The van der Waals surface area contributed by atoms with Crippen molar-refractivity contribution in [3.05, 3.63) is 52.1 Å². The van der Waals surface area contributed by atoms with E-state index in [-0.39, 0.29) is 11.3 Å². The van der Waals surface area contributed by atoms with Crippen molar-refractivity contribution in [2.75, 3.05) is 5.75 Å². The smallest absolute Gasteiger partial charge is 0.311 e. The van der Waals surface area contributed by atoms with Gasteiger partial charge in [0, 0.05) is 17.7 Å². The lowest BCUT2D eigenvalue weighted by Gasteiger charge is -2.02.